The quantitative estimate of drug-likeness (QED) is 0.870. The predicted molar refractivity (Wildman–Crippen MR) is 84.0 cm³/mol. The molecule has 0 N–H and O–H groups in total. The van der Waals surface area contributed by atoms with E-state index in [9.17, 15) is 0 Å². The number of ether oxygens (including phenoxy) is 1. The number of hydrogen-bond acceptors (Lipinski definition) is 6. The van der Waals surface area contributed by atoms with E-state index in [1.54, 1.807) is 0 Å². The van der Waals surface area contributed by atoms with Gasteiger partial charge in [0.15, 0.2) is 5.82 Å². The lowest BCUT2D eigenvalue weighted by atomic mass is 9.89. The molecule has 0 unspecified atom stereocenters. The molecule has 0 amide bonds. The van der Waals surface area contributed by atoms with Crippen molar-refractivity contribution in [3.05, 3.63) is 33.6 Å². The van der Waals surface area contributed by atoms with Crippen LogP contribution in [0.1, 0.15) is 40.9 Å². The molecule has 0 bridgehead atoms. The molecule has 0 aliphatic carbocycles. The maximum Gasteiger partial charge on any atom is 0.231 e. The first kappa shape index (κ1) is 14.4. The highest BCUT2D eigenvalue weighted by atomic mass is 32.1. The molecule has 6 heteroatoms. The number of hydrogen-bond donors (Lipinski definition) is 0. The second-order valence-electron chi connectivity index (χ2n) is 6.33. The van der Waals surface area contributed by atoms with Crippen LogP contribution in [0.15, 0.2) is 16.0 Å². The summed E-state index contributed by atoms with van der Waals surface area (Å²) in [6.07, 6.45) is 2.42. The van der Waals surface area contributed by atoms with Crippen molar-refractivity contribution in [2.75, 3.05) is 13.2 Å². The number of thiophene rings is 1. The van der Waals surface area contributed by atoms with E-state index in [-0.39, 0.29) is 5.92 Å². The molecule has 2 aliphatic heterocycles. The molecule has 2 aromatic rings. The first-order chi connectivity index (χ1) is 10.7. The summed E-state index contributed by atoms with van der Waals surface area (Å²) in [7, 11) is 0. The Morgan fingerprint density at radius 3 is 3.05 bits per heavy atom. The van der Waals surface area contributed by atoms with E-state index in [4.69, 9.17) is 9.26 Å². The zero-order valence-corrected chi connectivity index (χ0v) is 13.8. The predicted octanol–water partition coefficient (Wildman–Crippen LogP) is 2.89. The van der Waals surface area contributed by atoms with Gasteiger partial charge in [-0.3, -0.25) is 4.90 Å². The van der Waals surface area contributed by atoms with Crippen LogP contribution in [0, 0.1) is 13.8 Å². The monoisotopic (exact) mass is 319 g/mol. The maximum atomic E-state index is 5.97. The summed E-state index contributed by atoms with van der Waals surface area (Å²) in [6, 6.07) is 2.73. The van der Waals surface area contributed by atoms with Crippen molar-refractivity contribution in [3.63, 3.8) is 0 Å². The van der Waals surface area contributed by atoms with E-state index in [0.717, 1.165) is 38.4 Å². The summed E-state index contributed by atoms with van der Waals surface area (Å²) in [4.78, 5) is 8.45. The van der Waals surface area contributed by atoms with Gasteiger partial charge in [-0.1, -0.05) is 5.16 Å². The molecule has 0 aromatic carbocycles. The largest absolute Gasteiger partial charge is 0.377 e. The van der Waals surface area contributed by atoms with Crippen LogP contribution in [0.3, 0.4) is 0 Å². The molecule has 0 spiro atoms. The van der Waals surface area contributed by atoms with E-state index in [2.05, 4.69) is 33.4 Å². The van der Waals surface area contributed by atoms with Gasteiger partial charge in [-0.2, -0.15) is 4.98 Å². The van der Waals surface area contributed by atoms with Crippen molar-refractivity contribution < 1.29 is 9.26 Å². The molecular formula is C16H21N3O2S. The Hall–Kier alpha value is -1.24. The van der Waals surface area contributed by atoms with Gasteiger partial charge in [0.1, 0.15) is 0 Å². The molecule has 3 atom stereocenters. The Morgan fingerprint density at radius 2 is 2.32 bits per heavy atom. The summed E-state index contributed by atoms with van der Waals surface area (Å²) in [5, 5.41) is 6.13. The average Bonchev–Trinajstić information content (AvgIpc) is 3.21. The first-order valence-corrected chi connectivity index (χ1v) is 8.77. The van der Waals surface area contributed by atoms with Gasteiger partial charge >= 0.3 is 0 Å². The highest BCUT2D eigenvalue weighted by Crippen LogP contribution is 2.37. The maximum absolute atomic E-state index is 5.97. The third-order valence-electron chi connectivity index (χ3n) is 4.82. The van der Waals surface area contributed by atoms with Crippen LogP contribution < -0.4 is 0 Å². The normalized spacial score (nSPS) is 28.9. The minimum atomic E-state index is 0.279. The third kappa shape index (κ3) is 2.59. The van der Waals surface area contributed by atoms with Crippen molar-refractivity contribution in [2.45, 2.75) is 51.3 Å². The Kier molecular flexibility index (Phi) is 3.76. The fourth-order valence-electron chi connectivity index (χ4n) is 3.64. The Bertz CT molecular complexity index is 653. The third-order valence-corrected chi connectivity index (χ3v) is 5.83. The topological polar surface area (TPSA) is 51.4 Å². The van der Waals surface area contributed by atoms with Gasteiger partial charge in [0.25, 0.3) is 0 Å². The van der Waals surface area contributed by atoms with Crippen LogP contribution >= 0.6 is 11.3 Å². The molecule has 4 rings (SSSR count). The molecule has 2 saturated heterocycles. The van der Waals surface area contributed by atoms with Gasteiger partial charge < -0.3 is 9.26 Å². The van der Waals surface area contributed by atoms with Crippen LogP contribution in [0.5, 0.6) is 0 Å². The summed E-state index contributed by atoms with van der Waals surface area (Å²) in [5.41, 5.74) is 1.39. The van der Waals surface area contributed by atoms with E-state index in [0.29, 0.717) is 18.0 Å². The fraction of sp³-hybridized carbons (Fsp3) is 0.625. The molecule has 5 nitrogen and oxygen atoms in total. The van der Waals surface area contributed by atoms with Gasteiger partial charge in [-0.25, -0.2) is 0 Å². The van der Waals surface area contributed by atoms with E-state index >= 15 is 0 Å². The lowest BCUT2D eigenvalue weighted by Crippen LogP contribution is -2.48. The molecule has 2 fully saturated rings. The van der Waals surface area contributed by atoms with Crippen LogP contribution in [0.2, 0.25) is 0 Å². The SMILES string of the molecule is Cc1noc([C@@H]2C[C@H]3OCC[C@H]3N(Cc3sccc3C)C2)n1. The Morgan fingerprint density at radius 1 is 1.41 bits per heavy atom. The number of likely N-dealkylation sites (tertiary alicyclic amines) is 1. The second kappa shape index (κ2) is 5.76. The van der Waals surface area contributed by atoms with E-state index < -0.39 is 0 Å². The van der Waals surface area contributed by atoms with Gasteiger partial charge in [0, 0.05) is 30.6 Å². The molecular weight excluding hydrogens is 298 g/mol. The summed E-state index contributed by atoms with van der Waals surface area (Å²) in [5.74, 6) is 1.75. The average molecular weight is 319 g/mol. The van der Waals surface area contributed by atoms with Crippen molar-refractivity contribution in [3.8, 4) is 0 Å². The Labute approximate surface area is 134 Å². The molecule has 2 aromatic heterocycles. The Balaban J connectivity index is 1.57. The molecule has 2 aliphatic rings. The zero-order valence-electron chi connectivity index (χ0n) is 13.0. The van der Waals surface area contributed by atoms with Gasteiger partial charge in [0.05, 0.1) is 12.0 Å². The first-order valence-electron chi connectivity index (χ1n) is 7.89. The summed E-state index contributed by atoms with van der Waals surface area (Å²) < 4.78 is 11.4. The van der Waals surface area contributed by atoms with Crippen LogP contribution in [-0.4, -0.2) is 40.3 Å². The smallest absolute Gasteiger partial charge is 0.231 e. The zero-order chi connectivity index (χ0) is 15.1. The van der Waals surface area contributed by atoms with Crippen LogP contribution in [0.25, 0.3) is 0 Å². The lowest BCUT2D eigenvalue weighted by Gasteiger charge is -2.39. The molecule has 118 valence electrons. The number of rotatable bonds is 3. The van der Waals surface area contributed by atoms with Gasteiger partial charge in [-0.15, -0.1) is 11.3 Å². The highest BCUT2D eigenvalue weighted by Gasteiger charge is 2.42. The van der Waals surface area contributed by atoms with E-state index in [1.807, 2.05) is 18.3 Å². The summed E-state index contributed by atoms with van der Waals surface area (Å²) in [6.45, 7) is 6.90. The van der Waals surface area contributed by atoms with E-state index in [1.165, 1.54) is 10.4 Å². The second-order valence-corrected chi connectivity index (χ2v) is 7.33. The highest BCUT2D eigenvalue weighted by molar-refractivity contribution is 7.10. The lowest BCUT2D eigenvalue weighted by molar-refractivity contribution is 0.00881. The number of piperidine rings is 1. The minimum Gasteiger partial charge on any atom is -0.377 e. The number of aromatic nitrogens is 2. The van der Waals surface area contributed by atoms with Gasteiger partial charge in [-0.05, 0) is 43.7 Å². The number of fused-ring (bicyclic) bond motifs is 1. The van der Waals surface area contributed by atoms with Crippen molar-refractivity contribution in [1.29, 1.82) is 0 Å². The fourth-order valence-corrected chi connectivity index (χ4v) is 4.57. The molecule has 4 heterocycles. The van der Waals surface area contributed by atoms with Crippen molar-refractivity contribution in [1.82, 2.24) is 15.0 Å². The molecule has 22 heavy (non-hydrogen) atoms. The van der Waals surface area contributed by atoms with Gasteiger partial charge in [0.2, 0.25) is 5.89 Å². The number of nitrogens with zero attached hydrogens (tertiary/aromatic N) is 3. The van der Waals surface area contributed by atoms with Crippen LogP contribution in [0.4, 0.5) is 0 Å². The molecule has 0 radical (unpaired) electrons. The number of aryl methyl sites for hydroxylation is 2. The van der Waals surface area contributed by atoms with Crippen LogP contribution in [-0.2, 0) is 11.3 Å². The minimum absolute atomic E-state index is 0.279. The van der Waals surface area contributed by atoms with Crippen molar-refractivity contribution in [2.24, 2.45) is 0 Å². The summed E-state index contributed by atoms with van der Waals surface area (Å²) >= 11 is 1.84. The molecule has 0 saturated carbocycles. The standard InChI is InChI=1S/C16H21N3O2S/c1-10-4-6-22-15(10)9-19-8-12(16-17-11(2)18-21-16)7-14-13(19)3-5-20-14/h4,6,12-14H,3,5,7-9H2,1-2H3/t12-,13-,14-/m1/s1. The van der Waals surface area contributed by atoms with Crippen molar-refractivity contribution >= 4 is 11.3 Å².